The van der Waals surface area contributed by atoms with Crippen molar-refractivity contribution in [2.75, 3.05) is 0 Å². The highest BCUT2D eigenvalue weighted by atomic mass is 16.3. The maximum Gasteiger partial charge on any atom is 0.0858 e. The molecule has 0 amide bonds. The summed E-state index contributed by atoms with van der Waals surface area (Å²) < 4.78 is 0. The van der Waals surface area contributed by atoms with E-state index in [0.717, 1.165) is 12.0 Å². The van der Waals surface area contributed by atoms with E-state index < -0.39 is 0 Å². The molecule has 0 radical (unpaired) electrons. The van der Waals surface area contributed by atoms with Crippen LogP contribution in [-0.4, -0.2) is 5.11 Å². The van der Waals surface area contributed by atoms with Gasteiger partial charge in [-0.05, 0) is 17.5 Å². The van der Waals surface area contributed by atoms with Gasteiger partial charge in [0.2, 0.25) is 0 Å². The zero-order valence-corrected chi connectivity index (χ0v) is 10.6. The summed E-state index contributed by atoms with van der Waals surface area (Å²) in [6.07, 6.45) is 10.2. The Bertz CT molecular complexity index is 381. The van der Waals surface area contributed by atoms with E-state index in [9.17, 15) is 5.11 Å². The van der Waals surface area contributed by atoms with Crippen molar-refractivity contribution in [3.05, 3.63) is 41.5 Å². The zero-order valence-electron chi connectivity index (χ0n) is 10.6. The van der Waals surface area contributed by atoms with Crippen molar-refractivity contribution in [2.45, 2.75) is 45.1 Å². The fourth-order valence-corrected chi connectivity index (χ4v) is 2.56. The van der Waals surface area contributed by atoms with Gasteiger partial charge in [-0.3, -0.25) is 0 Å². The Morgan fingerprint density at radius 1 is 1.12 bits per heavy atom. The second kappa shape index (κ2) is 6.02. The number of hydrogen-bond donors (Lipinski definition) is 1. The lowest BCUT2D eigenvalue weighted by Gasteiger charge is -2.25. The number of benzene rings is 1. The number of aliphatic hydroxyl groups excluding tert-OH is 1. The molecule has 1 aliphatic carbocycles. The Labute approximate surface area is 104 Å². The van der Waals surface area contributed by atoms with Gasteiger partial charge >= 0.3 is 0 Å². The van der Waals surface area contributed by atoms with E-state index in [1.54, 1.807) is 0 Å². The largest absolute Gasteiger partial charge is 0.388 e. The third kappa shape index (κ3) is 2.98. The Kier molecular flexibility index (Phi) is 4.38. The van der Waals surface area contributed by atoms with Gasteiger partial charge in [0.15, 0.2) is 0 Å². The van der Waals surface area contributed by atoms with Crippen molar-refractivity contribution < 1.29 is 5.11 Å². The molecule has 1 nitrogen and oxygen atoms in total. The molecule has 0 saturated heterocycles. The average molecular weight is 230 g/mol. The number of fused-ring (bicyclic) bond motifs is 1. The highest BCUT2D eigenvalue weighted by molar-refractivity contribution is 5.57. The molecule has 0 fully saturated rings. The normalized spacial score (nSPS) is 22.5. The minimum atomic E-state index is -0.308. The minimum absolute atomic E-state index is 0.307. The van der Waals surface area contributed by atoms with Crippen LogP contribution in [0.15, 0.2) is 30.3 Å². The molecule has 2 atom stereocenters. The van der Waals surface area contributed by atoms with Gasteiger partial charge < -0.3 is 5.11 Å². The lowest BCUT2D eigenvalue weighted by molar-refractivity contribution is 0.123. The average Bonchev–Trinajstić information content (AvgIpc) is 2.37. The molecule has 1 aromatic carbocycles. The van der Waals surface area contributed by atoms with E-state index in [0.29, 0.717) is 5.92 Å². The predicted molar refractivity (Wildman–Crippen MR) is 72.7 cm³/mol. The van der Waals surface area contributed by atoms with Gasteiger partial charge in [0.05, 0.1) is 6.10 Å². The molecule has 1 N–H and O–H groups in total. The molecule has 0 spiro atoms. The summed E-state index contributed by atoms with van der Waals surface area (Å²) in [7, 11) is 0. The fourth-order valence-electron chi connectivity index (χ4n) is 2.56. The maximum absolute atomic E-state index is 10.3. The van der Waals surface area contributed by atoms with Crippen LogP contribution >= 0.6 is 0 Å². The van der Waals surface area contributed by atoms with Gasteiger partial charge in [0.25, 0.3) is 0 Å². The summed E-state index contributed by atoms with van der Waals surface area (Å²) in [6.45, 7) is 2.23. The van der Waals surface area contributed by atoms with Crippen LogP contribution in [0, 0.1) is 5.92 Å². The zero-order chi connectivity index (χ0) is 12.1. The van der Waals surface area contributed by atoms with Crippen LogP contribution in [0.2, 0.25) is 0 Å². The van der Waals surface area contributed by atoms with Crippen LogP contribution in [0.3, 0.4) is 0 Å². The quantitative estimate of drug-likeness (QED) is 0.746. The smallest absolute Gasteiger partial charge is 0.0858 e. The second-order valence-corrected chi connectivity index (χ2v) is 4.95. The molecule has 2 rings (SSSR count). The molecule has 0 unspecified atom stereocenters. The number of aliphatic hydroxyl groups is 1. The molecule has 0 heterocycles. The van der Waals surface area contributed by atoms with Crippen LogP contribution in [0.1, 0.15) is 56.3 Å². The summed E-state index contributed by atoms with van der Waals surface area (Å²) in [5, 5.41) is 10.3. The molecule has 0 saturated carbocycles. The third-order valence-corrected chi connectivity index (χ3v) is 3.63. The van der Waals surface area contributed by atoms with Crippen LogP contribution < -0.4 is 0 Å². The number of hydrogen-bond acceptors (Lipinski definition) is 1. The molecular weight excluding hydrogens is 208 g/mol. The van der Waals surface area contributed by atoms with Gasteiger partial charge in [0.1, 0.15) is 0 Å². The van der Waals surface area contributed by atoms with Gasteiger partial charge in [-0.25, -0.2) is 0 Å². The Balaban J connectivity index is 1.95. The molecule has 92 valence electrons. The van der Waals surface area contributed by atoms with Crippen LogP contribution in [-0.2, 0) is 0 Å². The minimum Gasteiger partial charge on any atom is -0.388 e. The molecule has 0 aliphatic heterocycles. The summed E-state index contributed by atoms with van der Waals surface area (Å²) in [4.78, 5) is 0. The molecule has 0 aromatic heterocycles. The summed E-state index contributed by atoms with van der Waals surface area (Å²) in [6, 6.07) is 8.15. The Morgan fingerprint density at radius 2 is 1.94 bits per heavy atom. The van der Waals surface area contributed by atoms with Crippen molar-refractivity contribution in [3.8, 4) is 0 Å². The van der Waals surface area contributed by atoms with Gasteiger partial charge in [-0.15, -0.1) is 0 Å². The predicted octanol–water partition coefficient (Wildman–Crippen LogP) is 4.33. The maximum atomic E-state index is 10.3. The molecule has 17 heavy (non-hydrogen) atoms. The topological polar surface area (TPSA) is 20.2 Å². The van der Waals surface area contributed by atoms with Crippen LogP contribution in [0.5, 0.6) is 0 Å². The van der Waals surface area contributed by atoms with Crippen molar-refractivity contribution in [1.82, 2.24) is 0 Å². The van der Waals surface area contributed by atoms with E-state index >= 15 is 0 Å². The number of unbranched alkanes of at least 4 members (excludes halogenated alkanes) is 3. The molecule has 1 heteroatoms. The highest BCUT2D eigenvalue weighted by Gasteiger charge is 2.23. The Morgan fingerprint density at radius 3 is 2.76 bits per heavy atom. The van der Waals surface area contributed by atoms with E-state index in [2.05, 4.69) is 25.1 Å². The summed E-state index contributed by atoms with van der Waals surface area (Å²) >= 11 is 0. The molecule has 1 aromatic rings. The van der Waals surface area contributed by atoms with Crippen LogP contribution in [0.4, 0.5) is 0 Å². The third-order valence-electron chi connectivity index (χ3n) is 3.63. The number of rotatable bonds is 5. The van der Waals surface area contributed by atoms with Crippen molar-refractivity contribution in [3.63, 3.8) is 0 Å². The first kappa shape index (κ1) is 12.4. The van der Waals surface area contributed by atoms with Gasteiger partial charge in [-0.1, -0.05) is 69.0 Å². The van der Waals surface area contributed by atoms with Gasteiger partial charge in [-0.2, -0.15) is 0 Å². The first-order valence-corrected chi connectivity index (χ1v) is 6.78. The van der Waals surface area contributed by atoms with Crippen LogP contribution in [0.25, 0.3) is 6.08 Å². The summed E-state index contributed by atoms with van der Waals surface area (Å²) in [5.41, 5.74) is 2.26. The van der Waals surface area contributed by atoms with Crippen molar-refractivity contribution >= 4 is 6.08 Å². The van der Waals surface area contributed by atoms with E-state index in [1.807, 2.05) is 18.2 Å². The highest BCUT2D eigenvalue weighted by Crippen LogP contribution is 2.34. The molecule has 1 aliphatic rings. The Hall–Kier alpha value is -1.08. The lowest BCUT2D eigenvalue weighted by atomic mass is 9.84. The van der Waals surface area contributed by atoms with Gasteiger partial charge in [0, 0.05) is 5.92 Å². The monoisotopic (exact) mass is 230 g/mol. The van der Waals surface area contributed by atoms with E-state index in [1.165, 1.54) is 31.2 Å². The summed E-state index contributed by atoms with van der Waals surface area (Å²) in [5.74, 6) is 0.307. The van der Waals surface area contributed by atoms with Crippen molar-refractivity contribution in [2.24, 2.45) is 5.92 Å². The standard InChI is InChI=1S/C16H22O/c1-2-3-4-5-9-14-12-11-13-8-6-7-10-15(13)16(14)17/h6-8,10-12,14,16-17H,2-5,9H2,1H3/t14-,16-/m0/s1. The first-order chi connectivity index (χ1) is 8.33. The lowest BCUT2D eigenvalue weighted by Crippen LogP contribution is -2.14. The molecular formula is C16H22O. The van der Waals surface area contributed by atoms with E-state index in [-0.39, 0.29) is 6.10 Å². The van der Waals surface area contributed by atoms with Crippen molar-refractivity contribution in [1.29, 1.82) is 0 Å². The first-order valence-electron chi connectivity index (χ1n) is 6.78. The fraction of sp³-hybridized carbons (Fsp3) is 0.500. The second-order valence-electron chi connectivity index (χ2n) is 4.95. The van der Waals surface area contributed by atoms with E-state index in [4.69, 9.17) is 0 Å². The SMILES string of the molecule is CCCCCC[C@H]1C=Cc2ccccc2[C@H]1O. The molecule has 0 bridgehead atoms.